The van der Waals surface area contributed by atoms with Crippen LogP contribution in [-0.4, -0.2) is 60.4 Å². The first-order valence-corrected chi connectivity index (χ1v) is 11.6. The van der Waals surface area contributed by atoms with Crippen molar-refractivity contribution in [3.63, 3.8) is 0 Å². The lowest BCUT2D eigenvalue weighted by atomic mass is 10.0. The summed E-state index contributed by atoms with van der Waals surface area (Å²) in [4.78, 5) is 19.5. The van der Waals surface area contributed by atoms with Crippen LogP contribution in [0.5, 0.6) is 0 Å². The molecule has 140 valence electrons. The molecule has 25 heavy (non-hydrogen) atoms. The van der Waals surface area contributed by atoms with Gasteiger partial charge in [-0.2, -0.15) is 4.31 Å². The van der Waals surface area contributed by atoms with Gasteiger partial charge in [-0.1, -0.05) is 12.8 Å². The van der Waals surface area contributed by atoms with Crippen LogP contribution in [0.25, 0.3) is 0 Å². The highest BCUT2D eigenvalue weighted by atomic mass is 32.2. The van der Waals surface area contributed by atoms with Crippen molar-refractivity contribution in [2.45, 2.75) is 51.1 Å². The van der Waals surface area contributed by atoms with Crippen molar-refractivity contribution in [1.82, 2.24) is 14.2 Å². The molecule has 1 aromatic rings. The Morgan fingerprint density at radius 2 is 1.96 bits per heavy atom. The van der Waals surface area contributed by atoms with Gasteiger partial charge in [0.2, 0.25) is 15.9 Å². The zero-order valence-electron chi connectivity index (χ0n) is 14.6. The van der Waals surface area contributed by atoms with E-state index in [2.05, 4.69) is 15.2 Å². The number of anilines is 1. The SMILES string of the molecule is CS(=O)(=O)N1CCCCC1C(=O)Nc1nc(CN2CCCCC2)cs1. The number of sulfonamides is 1. The van der Waals surface area contributed by atoms with Crippen LogP contribution >= 0.6 is 11.3 Å². The summed E-state index contributed by atoms with van der Waals surface area (Å²) in [5.41, 5.74) is 0.964. The van der Waals surface area contributed by atoms with Gasteiger partial charge >= 0.3 is 0 Å². The summed E-state index contributed by atoms with van der Waals surface area (Å²) in [6.07, 6.45) is 7.15. The van der Waals surface area contributed by atoms with Gasteiger partial charge < -0.3 is 5.32 Å². The maximum atomic E-state index is 12.6. The fourth-order valence-electron chi connectivity index (χ4n) is 3.54. The molecule has 0 aromatic carbocycles. The van der Waals surface area contributed by atoms with Crippen LogP contribution in [0, 0.1) is 0 Å². The van der Waals surface area contributed by atoms with Crippen LogP contribution in [0.2, 0.25) is 0 Å². The molecule has 1 unspecified atom stereocenters. The number of likely N-dealkylation sites (tertiary alicyclic amines) is 1. The second-order valence-electron chi connectivity index (χ2n) is 6.86. The van der Waals surface area contributed by atoms with E-state index in [0.29, 0.717) is 18.1 Å². The molecular weight excluding hydrogens is 360 g/mol. The Labute approximate surface area is 153 Å². The molecule has 3 heterocycles. The number of piperidine rings is 2. The average Bonchev–Trinajstić information content (AvgIpc) is 3.02. The number of hydrogen-bond acceptors (Lipinski definition) is 6. The smallest absolute Gasteiger partial charge is 0.244 e. The topological polar surface area (TPSA) is 82.6 Å². The number of aromatic nitrogens is 1. The van der Waals surface area contributed by atoms with Gasteiger partial charge in [0, 0.05) is 18.5 Å². The van der Waals surface area contributed by atoms with Gasteiger partial charge in [0.1, 0.15) is 6.04 Å². The molecule has 7 nitrogen and oxygen atoms in total. The lowest BCUT2D eigenvalue weighted by molar-refractivity contribution is -0.120. The van der Waals surface area contributed by atoms with E-state index < -0.39 is 16.1 Å². The molecule has 9 heteroatoms. The Morgan fingerprint density at radius 1 is 1.24 bits per heavy atom. The molecule has 0 spiro atoms. The first kappa shape index (κ1) is 18.8. The normalized spacial score (nSPS) is 23.5. The minimum Gasteiger partial charge on any atom is -0.301 e. The fraction of sp³-hybridized carbons (Fsp3) is 0.750. The molecule has 2 fully saturated rings. The van der Waals surface area contributed by atoms with Gasteiger partial charge in [-0.05, 0) is 38.8 Å². The lowest BCUT2D eigenvalue weighted by Gasteiger charge is -2.32. The molecule has 1 N–H and O–H groups in total. The van der Waals surface area contributed by atoms with E-state index in [0.717, 1.165) is 38.2 Å². The number of amides is 1. The van der Waals surface area contributed by atoms with Crippen LogP contribution in [0.15, 0.2) is 5.38 Å². The summed E-state index contributed by atoms with van der Waals surface area (Å²) in [6.45, 7) is 3.43. The monoisotopic (exact) mass is 386 g/mol. The quantitative estimate of drug-likeness (QED) is 0.835. The van der Waals surface area contributed by atoms with Crippen molar-refractivity contribution in [3.8, 4) is 0 Å². The minimum atomic E-state index is -3.38. The van der Waals surface area contributed by atoms with Crippen molar-refractivity contribution < 1.29 is 13.2 Å². The van der Waals surface area contributed by atoms with Gasteiger partial charge in [0.15, 0.2) is 5.13 Å². The molecule has 3 rings (SSSR count). The zero-order chi connectivity index (χ0) is 17.9. The van der Waals surface area contributed by atoms with Gasteiger partial charge in [-0.15, -0.1) is 11.3 Å². The van der Waals surface area contributed by atoms with E-state index >= 15 is 0 Å². The molecule has 2 aliphatic rings. The first-order valence-electron chi connectivity index (χ1n) is 8.88. The summed E-state index contributed by atoms with van der Waals surface area (Å²) in [7, 11) is -3.38. The Kier molecular flexibility index (Phi) is 6.08. The molecule has 0 bridgehead atoms. The third-order valence-electron chi connectivity index (χ3n) is 4.80. The highest BCUT2D eigenvalue weighted by molar-refractivity contribution is 7.88. The van der Waals surface area contributed by atoms with Crippen LogP contribution in [-0.2, 0) is 21.4 Å². The second kappa shape index (κ2) is 8.11. The van der Waals surface area contributed by atoms with Crippen LogP contribution in [0.4, 0.5) is 5.13 Å². The van der Waals surface area contributed by atoms with Crippen molar-refractivity contribution in [2.24, 2.45) is 0 Å². The van der Waals surface area contributed by atoms with E-state index in [9.17, 15) is 13.2 Å². The third kappa shape index (κ3) is 4.99. The Balaban J connectivity index is 1.60. The second-order valence-corrected chi connectivity index (χ2v) is 9.65. The van der Waals surface area contributed by atoms with Gasteiger partial charge in [0.25, 0.3) is 0 Å². The Bertz CT molecular complexity index is 698. The summed E-state index contributed by atoms with van der Waals surface area (Å²) in [6, 6.07) is -0.627. The number of nitrogens with zero attached hydrogens (tertiary/aromatic N) is 3. The fourth-order valence-corrected chi connectivity index (χ4v) is 5.36. The highest BCUT2D eigenvalue weighted by Crippen LogP contribution is 2.23. The predicted molar refractivity (Wildman–Crippen MR) is 99.1 cm³/mol. The molecule has 0 saturated carbocycles. The van der Waals surface area contributed by atoms with E-state index in [1.807, 2.05) is 5.38 Å². The lowest BCUT2D eigenvalue weighted by Crippen LogP contribution is -2.49. The summed E-state index contributed by atoms with van der Waals surface area (Å²) in [5.74, 6) is -0.274. The van der Waals surface area contributed by atoms with Crippen LogP contribution in [0.1, 0.15) is 44.2 Å². The predicted octanol–water partition coefficient (Wildman–Crippen LogP) is 1.88. The van der Waals surface area contributed by atoms with E-state index in [4.69, 9.17) is 0 Å². The van der Waals surface area contributed by atoms with E-state index in [-0.39, 0.29) is 5.91 Å². The maximum absolute atomic E-state index is 12.6. The minimum absolute atomic E-state index is 0.274. The Hall–Kier alpha value is -1.03. The number of carbonyl (C=O) groups is 1. The van der Waals surface area contributed by atoms with Crippen molar-refractivity contribution in [1.29, 1.82) is 0 Å². The van der Waals surface area contributed by atoms with Gasteiger partial charge in [0.05, 0.1) is 11.9 Å². The molecule has 0 radical (unpaired) electrons. The van der Waals surface area contributed by atoms with Crippen molar-refractivity contribution >= 4 is 32.4 Å². The highest BCUT2D eigenvalue weighted by Gasteiger charge is 2.34. The average molecular weight is 387 g/mol. The molecule has 1 atom stereocenters. The summed E-state index contributed by atoms with van der Waals surface area (Å²) >= 11 is 1.40. The number of hydrogen-bond donors (Lipinski definition) is 1. The molecule has 2 saturated heterocycles. The van der Waals surface area contributed by atoms with E-state index in [1.165, 1.54) is 41.2 Å². The van der Waals surface area contributed by atoms with E-state index in [1.54, 1.807) is 0 Å². The third-order valence-corrected chi connectivity index (χ3v) is 6.89. The summed E-state index contributed by atoms with van der Waals surface area (Å²) in [5, 5.41) is 5.34. The maximum Gasteiger partial charge on any atom is 0.244 e. The summed E-state index contributed by atoms with van der Waals surface area (Å²) < 4.78 is 25.1. The standard InChI is InChI=1S/C16H26N4O3S2/c1-25(22,23)20-10-6-3-7-14(20)15(21)18-16-17-13(12-24-16)11-19-8-4-2-5-9-19/h12,14H,2-11H2,1H3,(H,17,18,21). The van der Waals surface area contributed by atoms with Crippen molar-refractivity contribution in [2.75, 3.05) is 31.2 Å². The van der Waals surface area contributed by atoms with Gasteiger partial charge in [-0.3, -0.25) is 9.69 Å². The van der Waals surface area contributed by atoms with Crippen LogP contribution < -0.4 is 5.32 Å². The Morgan fingerprint density at radius 3 is 2.68 bits per heavy atom. The zero-order valence-corrected chi connectivity index (χ0v) is 16.2. The molecular formula is C16H26N4O3S2. The van der Waals surface area contributed by atoms with Crippen molar-refractivity contribution in [3.05, 3.63) is 11.1 Å². The van der Waals surface area contributed by atoms with Crippen LogP contribution in [0.3, 0.4) is 0 Å². The number of rotatable bonds is 5. The van der Waals surface area contributed by atoms with Gasteiger partial charge in [-0.25, -0.2) is 13.4 Å². The number of carbonyl (C=O) groups excluding carboxylic acids is 1. The number of nitrogens with one attached hydrogen (secondary N) is 1. The largest absolute Gasteiger partial charge is 0.301 e. The molecule has 0 aliphatic carbocycles. The number of thiazole rings is 1. The first-order chi connectivity index (χ1) is 11.9. The molecule has 1 amide bonds. The molecule has 1 aromatic heterocycles. The molecule has 2 aliphatic heterocycles.